The number of piperidine rings is 1. The van der Waals surface area contributed by atoms with Crippen LogP contribution >= 0.6 is 0 Å². The smallest absolute Gasteiger partial charge is 0.339 e. The van der Waals surface area contributed by atoms with Crippen molar-refractivity contribution in [2.24, 2.45) is 0 Å². The van der Waals surface area contributed by atoms with Gasteiger partial charge < -0.3 is 19.4 Å². The monoisotopic (exact) mass is 421 g/mol. The minimum absolute atomic E-state index is 0.0579. The van der Waals surface area contributed by atoms with Gasteiger partial charge in [0.05, 0.1) is 13.1 Å². The Morgan fingerprint density at radius 1 is 1.10 bits per heavy atom. The first-order valence-corrected chi connectivity index (χ1v) is 10.8. The molecule has 1 fully saturated rings. The third kappa shape index (κ3) is 5.14. The highest BCUT2D eigenvalue weighted by molar-refractivity contribution is 5.82. The van der Waals surface area contributed by atoms with Crippen molar-refractivity contribution in [3.8, 4) is 5.75 Å². The maximum atomic E-state index is 12.4. The molecule has 0 saturated carbocycles. The summed E-state index contributed by atoms with van der Waals surface area (Å²) >= 11 is 0. The van der Waals surface area contributed by atoms with E-state index in [0.717, 1.165) is 43.4 Å². The number of aryl methyl sites for hydroxylation is 1. The summed E-state index contributed by atoms with van der Waals surface area (Å²) in [6, 6.07) is 16.0. The van der Waals surface area contributed by atoms with Crippen molar-refractivity contribution in [2.75, 3.05) is 19.7 Å². The molecule has 2 aromatic carbocycles. The van der Waals surface area contributed by atoms with Crippen LogP contribution in [0.3, 0.4) is 0 Å². The normalized spacial score (nSPS) is 18.6. The summed E-state index contributed by atoms with van der Waals surface area (Å²) in [5, 5.41) is 3.96. The van der Waals surface area contributed by atoms with Gasteiger partial charge in [-0.05, 0) is 31.5 Å². The number of hydrogen-bond acceptors (Lipinski definition) is 4. The van der Waals surface area contributed by atoms with E-state index in [-0.39, 0.29) is 24.2 Å². The van der Waals surface area contributed by atoms with E-state index < -0.39 is 0 Å². The van der Waals surface area contributed by atoms with Crippen molar-refractivity contribution >= 4 is 16.9 Å². The molecule has 2 N–H and O–H groups in total. The van der Waals surface area contributed by atoms with E-state index in [4.69, 9.17) is 9.15 Å². The number of benzene rings is 2. The molecule has 6 nitrogen and oxygen atoms in total. The highest BCUT2D eigenvalue weighted by Gasteiger charge is 2.23. The van der Waals surface area contributed by atoms with Crippen molar-refractivity contribution in [1.29, 1.82) is 0 Å². The molecule has 1 saturated heterocycles. The molecule has 1 aromatic heterocycles. The Morgan fingerprint density at radius 3 is 2.58 bits per heavy atom. The number of carbonyl (C=O) groups excluding carboxylic acids is 1. The van der Waals surface area contributed by atoms with Crippen LogP contribution in [0.25, 0.3) is 11.0 Å². The average Bonchev–Trinajstić information content (AvgIpc) is 2.78. The molecule has 0 aliphatic carbocycles. The lowest BCUT2D eigenvalue weighted by Gasteiger charge is -2.29. The summed E-state index contributed by atoms with van der Waals surface area (Å²) in [4.78, 5) is 25.8. The Kier molecular flexibility index (Phi) is 6.37. The standard InChI is InChI=1S/C25H28N2O4/c1-17-18(2)25(29)31-23-14-21(8-9-22(17)23)30-16-24(28)26-20-10-12-27(13-11-20)15-19-6-4-3-5-7-19/h3-9,14,20H,10-13,15-16H2,1-2H3,(H,26,28)/p+1. The summed E-state index contributed by atoms with van der Waals surface area (Å²) in [6.45, 7) is 6.71. The third-order valence-electron chi connectivity index (χ3n) is 6.15. The zero-order chi connectivity index (χ0) is 21.8. The number of ether oxygens (including phenoxy) is 1. The second-order valence-corrected chi connectivity index (χ2v) is 8.34. The number of fused-ring (bicyclic) bond motifs is 1. The molecule has 4 rings (SSSR count). The van der Waals surface area contributed by atoms with E-state index in [2.05, 4.69) is 29.6 Å². The van der Waals surface area contributed by atoms with Gasteiger partial charge in [-0.1, -0.05) is 30.3 Å². The van der Waals surface area contributed by atoms with Crippen LogP contribution in [0.2, 0.25) is 0 Å². The molecule has 3 aromatic rings. The van der Waals surface area contributed by atoms with E-state index in [1.807, 2.05) is 19.1 Å². The van der Waals surface area contributed by atoms with Gasteiger partial charge in [0, 0.05) is 41.5 Å². The second kappa shape index (κ2) is 9.35. The van der Waals surface area contributed by atoms with Gasteiger partial charge in [0.1, 0.15) is 17.9 Å². The summed E-state index contributed by atoms with van der Waals surface area (Å²) < 4.78 is 11.0. The fraction of sp³-hybridized carbons (Fsp3) is 0.360. The van der Waals surface area contributed by atoms with Crippen molar-refractivity contribution in [2.45, 2.75) is 39.3 Å². The van der Waals surface area contributed by atoms with Gasteiger partial charge in [0.2, 0.25) is 0 Å². The number of quaternary nitrogens is 1. The average molecular weight is 422 g/mol. The van der Waals surface area contributed by atoms with Crippen molar-refractivity contribution < 1.29 is 18.8 Å². The number of likely N-dealkylation sites (tertiary alicyclic amines) is 1. The molecule has 0 atom stereocenters. The van der Waals surface area contributed by atoms with Crippen LogP contribution in [-0.2, 0) is 11.3 Å². The number of rotatable bonds is 6. The second-order valence-electron chi connectivity index (χ2n) is 8.34. The van der Waals surface area contributed by atoms with Crippen LogP contribution in [0.15, 0.2) is 57.7 Å². The SMILES string of the molecule is Cc1c(C)c2ccc(OCC(=O)NC3CC[NH+](Cc4ccccc4)CC3)cc2oc1=O. The molecule has 0 radical (unpaired) electrons. The molecule has 1 aliphatic rings. The Bertz CT molecular complexity index is 1120. The summed E-state index contributed by atoms with van der Waals surface area (Å²) in [6.07, 6.45) is 1.93. The van der Waals surface area contributed by atoms with Crippen LogP contribution in [0.4, 0.5) is 0 Å². The van der Waals surface area contributed by atoms with Crippen molar-refractivity contribution in [3.63, 3.8) is 0 Å². The molecular formula is C25H29N2O4+. The fourth-order valence-electron chi connectivity index (χ4n) is 4.17. The lowest BCUT2D eigenvalue weighted by Crippen LogP contribution is -3.12. The quantitative estimate of drug-likeness (QED) is 0.599. The van der Waals surface area contributed by atoms with Crippen LogP contribution < -0.4 is 20.6 Å². The van der Waals surface area contributed by atoms with Gasteiger partial charge in [-0.2, -0.15) is 0 Å². The summed E-state index contributed by atoms with van der Waals surface area (Å²) in [5.74, 6) is 0.384. The highest BCUT2D eigenvalue weighted by atomic mass is 16.5. The number of amides is 1. The van der Waals surface area contributed by atoms with Crippen molar-refractivity contribution in [1.82, 2.24) is 5.32 Å². The number of hydrogen-bond donors (Lipinski definition) is 2. The Labute approximate surface area is 181 Å². The molecule has 162 valence electrons. The van der Waals surface area contributed by atoms with Gasteiger partial charge in [0.15, 0.2) is 6.61 Å². The van der Waals surface area contributed by atoms with Gasteiger partial charge in [0.25, 0.3) is 5.91 Å². The van der Waals surface area contributed by atoms with Gasteiger partial charge in [-0.3, -0.25) is 4.79 Å². The first-order chi connectivity index (χ1) is 15.0. The van der Waals surface area contributed by atoms with Gasteiger partial charge in [-0.15, -0.1) is 0 Å². The maximum Gasteiger partial charge on any atom is 0.339 e. The maximum absolute atomic E-state index is 12.4. The third-order valence-corrected chi connectivity index (χ3v) is 6.15. The molecule has 6 heteroatoms. The van der Waals surface area contributed by atoms with E-state index >= 15 is 0 Å². The van der Waals surface area contributed by atoms with Gasteiger partial charge in [-0.25, -0.2) is 4.79 Å². The molecule has 1 aliphatic heterocycles. The summed E-state index contributed by atoms with van der Waals surface area (Å²) in [7, 11) is 0. The van der Waals surface area contributed by atoms with Crippen LogP contribution in [0.5, 0.6) is 5.75 Å². The molecule has 1 amide bonds. The summed E-state index contributed by atoms with van der Waals surface area (Å²) in [5.41, 5.74) is 2.99. The molecular weight excluding hydrogens is 392 g/mol. The molecule has 31 heavy (non-hydrogen) atoms. The van der Waals surface area contributed by atoms with E-state index in [1.165, 1.54) is 5.56 Å². The fourth-order valence-corrected chi connectivity index (χ4v) is 4.17. The Balaban J connectivity index is 1.26. The van der Waals surface area contributed by atoms with Crippen LogP contribution in [-0.4, -0.2) is 31.6 Å². The zero-order valence-electron chi connectivity index (χ0n) is 18.1. The lowest BCUT2D eigenvalue weighted by atomic mass is 10.0. The topological polar surface area (TPSA) is 73.0 Å². The Morgan fingerprint density at radius 2 is 1.84 bits per heavy atom. The van der Waals surface area contributed by atoms with Crippen LogP contribution in [0, 0.1) is 13.8 Å². The first-order valence-electron chi connectivity index (χ1n) is 10.8. The largest absolute Gasteiger partial charge is 0.484 e. The zero-order valence-corrected chi connectivity index (χ0v) is 18.1. The molecule has 0 spiro atoms. The number of nitrogens with one attached hydrogen (secondary N) is 2. The minimum Gasteiger partial charge on any atom is -0.484 e. The number of carbonyl (C=O) groups is 1. The van der Waals surface area contributed by atoms with E-state index in [1.54, 1.807) is 24.0 Å². The highest BCUT2D eigenvalue weighted by Crippen LogP contribution is 2.23. The Hall–Kier alpha value is -3.12. The first kappa shape index (κ1) is 21.1. The predicted octanol–water partition coefficient (Wildman–Crippen LogP) is 2.15. The van der Waals surface area contributed by atoms with Crippen molar-refractivity contribution in [3.05, 3.63) is 75.6 Å². The minimum atomic E-state index is -0.347. The molecule has 2 heterocycles. The van der Waals surface area contributed by atoms with E-state index in [0.29, 0.717) is 16.9 Å². The molecule has 0 unspecified atom stereocenters. The van der Waals surface area contributed by atoms with E-state index in [9.17, 15) is 9.59 Å². The predicted molar refractivity (Wildman–Crippen MR) is 119 cm³/mol. The van der Waals surface area contributed by atoms with Crippen LogP contribution in [0.1, 0.15) is 29.5 Å². The lowest BCUT2D eigenvalue weighted by molar-refractivity contribution is -0.918. The van der Waals surface area contributed by atoms with Gasteiger partial charge >= 0.3 is 5.63 Å². The molecule has 0 bridgehead atoms.